The van der Waals surface area contributed by atoms with E-state index in [9.17, 15) is 0 Å². The van der Waals surface area contributed by atoms with Gasteiger partial charge in [-0.1, -0.05) is 50.4 Å². The van der Waals surface area contributed by atoms with E-state index in [1.807, 2.05) is 12.1 Å². The van der Waals surface area contributed by atoms with Crippen molar-refractivity contribution in [1.82, 2.24) is 5.32 Å². The number of hydrogen-bond donors (Lipinski definition) is 1. The molecule has 0 radical (unpaired) electrons. The van der Waals surface area contributed by atoms with Crippen LogP contribution in [0.15, 0.2) is 24.3 Å². The molecule has 2 rings (SSSR count). The van der Waals surface area contributed by atoms with Crippen LogP contribution in [0.25, 0.3) is 0 Å². The van der Waals surface area contributed by atoms with E-state index in [0.29, 0.717) is 12.0 Å². The van der Waals surface area contributed by atoms with Gasteiger partial charge in [0.2, 0.25) is 0 Å². The maximum absolute atomic E-state index is 5.99. The van der Waals surface area contributed by atoms with Gasteiger partial charge in [0.15, 0.2) is 0 Å². The Hall–Kier alpha value is -0.530. The molecule has 0 amide bonds. The highest BCUT2D eigenvalue weighted by Crippen LogP contribution is 2.37. The molecule has 1 aliphatic rings. The molecular formula is C16H24ClN. The fraction of sp³-hybridized carbons (Fsp3) is 0.625. The summed E-state index contributed by atoms with van der Waals surface area (Å²) >= 11 is 5.99. The molecule has 1 aliphatic carbocycles. The highest BCUT2D eigenvalue weighted by atomic mass is 35.5. The first-order valence-corrected chi connectivity index (χ1v) is 7.53. The van der Waals surface area contributed by atoms with Crippen LogP contribution in [0.4, 0.5) is 0 Å². The smallest absolute Gasteiger partial charge is 0.0406 e. The second kappa shape index (κ2) is 6.58. The van der Waals surface area contributed by atoms with Crippen molar-refractivity contribution in [2.75, 3.05) is 6.54 Å². The van der Waals surface area contributed by atoms with E-state index in [2.05, 4.69) is 31.3 Å². The van der Waals surface area contributed by atoms with Crippen LogP contribution in [0.3, 0.4) is 0 Å². The molecule has 1 aromatic carbocycles. The first-order chi connectivity index (χ1) is 8.66. The van der Waals surface area contributed by atoms with Crippen molar-refractivity contribution < 1.29 is 0 Å². The Morgan fingerprint density at radius 3 is 2.33 bits per heavy atom. The van der Waals surface area contributed by atoms with Gasteiger partial charge in [-0.05, 0) is 42.4 Å². The quantitative estimate of drug-likeness (QED) is 0.820. The SMILES string of the molecule is CC(C)NCC(c1ccc(Cl)cc1)C1CCCC1. The van der Waals surface area contributed by atoms with Gasteiger partial charge < -0.3 is 5.32 Å². The predicted octanol–water partition coefficient (Wildman–Crippen LogP) is 4.61. The van der Waals surface area contributed by atoms with Crippen LogP contribution in [0.2, 0.25) is 5.02 Å². The molecule has 0 aliphatic heterocycles. The second-order valence-electron chi connectivity index (χ2n) is 5.77. The molecule has 1 unspecified atom stereocenters. The highest BCUT2D eigenvalue weighted by Gasteiger charge is 2.26. The van der Waals surface area contributed by atoms with E-state index >= 15 is 0 Å². The van der Waals surface area contributed by atoms with Crippen LogP contribution in [-0.4, -0.2) is 12.6 Å². The van der Waals surface area contributed by atoms with Gasteiger partial charge in [-0.15, -0.1) is 0 Å². The number of hydrogen-bond acceptors (Lipinski definition) is 1. The van der Waals surface area contributed by atoms with Crippen molar-refractivity contribution in [2.45, 2.75) is 51.5 Å². The Morgan fingerprint density at radius 2 is 1.78 bits per heavy atom. The molecule has 2 heteroatoms. The van der Waals surface area contributed by atoms with Gasteiger partial charge in [-0.3, -0.25) is 0 Å². The van der Waals surface area contributed by atoms with E-state index in [4.69, 9.17) is 11.6 Å². The predicted molar refractivity (Wildman–Crippen MR) is 79.3 cm³/mol. The molecule has 1 saturated carbocycles. The Morgan fingerprint density at radius 1 is 1.17 bits per heavy atom. The van der Waals surface area contributed by atoms with Gasteiger partial charge in [0, 0.05) is 17.6 Å². The Kier molecular flexibility index (Phi) is 5.08. The minimum Gasteiger partial charge on any atom is -0.314 e. The van der Waals surface area contributed by atoms with Crippen LogP contribution in [0, 0.1) is 5.92 Å². The lowest BCUT2D eigenvalue weighted by molar-refractivity contribution is 0.398. The number of rotatable bonds is 5. The first-order valence-electron chi connectivity index (χ1n) is 7.15. The average molecular weight is 266 g/mol. The van der Waals surface area contributed by atoms with Crippen molar-refractivity contribution >= 4 is 11.6 Å². The van der Waals surface area contributed by atoms with Gasteiger partial charge in [0.1, 0.15) is 0 Å². The number of halogens is 1. The summed E-state index contributed by atoms with van der Waals surface area (Å²) in [4.78, 5) is 0. The van der Waals surface area contributed by atoms with Gasteiger partial charge in [-0.2, -0.15) is 0 Å². The van der Waals surface area contributed by atoms with E-state index in [1.165, 1.54) is 31.2 Å². The summed E-state index contributed by atoms with van der Waals surface area (Å²) in [6.07, 6.45) is 5.56. The molecule has 1 atom stereocenters. The van der Waals surface area contributed by atoms with Gasteiger partial charge >= 0.3 is 0 Å². The Labute approximate surface area is 116 Å². The lowest BCUT2D eigenvalue weighted by atomic mass is 9.84. The lowest BCUT2D eigenvalue weighted by Crippen LogP contribution is -2.30. The monoisotopic (exact) mass is 265 g/mol. The third-order valence-electron chi connectivity index (χ3n) is 4.01. The van der Waals surface area contributed by atoms with Crippen molar-refractivity contribution in [3.05, 3.63) is 34.9 Å². The Bertz CT molecular complexity index is 352. The fourth-order valence-corrected chi connectivity index (χ4v) is 3.12. The van der Waals surface area contributed by atoms with Crippen LogP contribution in [-0.2, 0) is 0 Å². The van der Waals surface area contributed by atoms with Gasteiger partial charge in [0.05, 0.1) is 0 Å². The molecule has 0 heterocycles. The molecule has 1 fully saturated rings. The van der Waals surface area contributed by atoms with Gasteiger partial charge in [-0.25, -0.2) is 0 Å². The van der Waals surface area contributed by atoms with E-state index in [1.54, 1.807) is 0 Å². The molecule has 0 bridgehead atoms. The molecule has 100 valence electrons. The summed E-state index contributed by atoms with van der Waals surface area (Å²) in [6.45, 7) is 5.52. The zero-order valence-electron chi connectivity index (χ0n) is 11.5. The van der Waals surface area contributed by atoms with Crippen molar-refractivity contribution in [2.24, 2.45) is 5.92 Å². The summed E-state index contributed by atoms with van der Waals surface area (Å²) in [6, 6.07) is 9.00. The molecule has 1 aromatic rings. The second-order valence-corrected chi connectivity index (χ2v) is 6.20. The zero-order valence-corrected chi connectivity index (χ0v) is 12.2. The van der Waals surface area contributed by atoms with Crippen molar-refractivity contribution in [3.63, 3.8) is 0 Å². The third-order valence-corrected chi connectivity index (χ3v) is 4.27. The fourth-order valence-electron chi connectivity index (χ4n) is 2.99. The van der Waals surface area contributed by atoms with Crippen LogP contribution in [0.5, 0.6) is 0 Å². The molecule has 1 nitrogen and oxygen atoms in total. The average Bonchev–Trinajstić information content (AvgIpc) is 2.85. The molecule has 1 N–H and O–H groups in total. The Balaban J connectivity index is 2.09. The maximum Gasteiger partial charge on any atom is 0.0406 e. The highest BCUT2D eigenvalue weighted by molar-refractivity contribution is 6.30. The zero-order chi connectivity index (χ0) is 13.0. The molecule has 0 aromatic heterocycles. The largest absolute Gasteiger partial charge is 0.314 e. The summed E-state index contributed by atoms with van der Waals surface area (Å²) in [5.74, 6) is 1.49. The molecule has 18 heavy (non-hydrogen) atoms. The van der Waals surface area contributed by atoms with Crippen LogP contribution in [0.1, 0.15) is 51.0 Å². The van der Waals surface area contributed by atoms with Gasteiger partial charge in [0.25, 0.3) is 0 Å². The summed E-state index contributed by atoms with van der Waals surface area (Å²) in [5, 5.41) is 4.44. The van der Waals surface area contributed by atoms with Crippen LogP contribution < -0.4 is 5.32 Å². The first kappa shape index (κ1) is 13.9. The minimum absolute atomic E-state index is 0.557. The summed E-state index contributed by atoms with van der Waals surface area (Å²) in [7, 11) is 0. The maximum atomic E-state index is 5.99. The van der Waals surface area contributed by atoms with Crippen molar-refractivity contribution in [1.29, 1.82) is 0 Å². The van der Waals surface area contributed by atoms with E-state index < -0.39 is 0 Å². The summed E-state index contributed by atoms with van der Waals surface area (Å²) < 4.78 is 0. The molecule has 0 spiro atoms. The lowest BCUT2D eigenvalue weighted by Gasteiger charge is -2.25. The van der Waals surface area contributed by atoms with Crippen molar-refractivity contribution in [3.8, 4) is 0 Å². The van der Waals surface area contributed by atoms with E-state index in [-0.39, 0.29) is 0 Å². The molecular weight excluding hydrogens is 242 g/mol. The topological polar surface area (TPSA) is 12.0 Å². The van der Waals surface area contributed by atoms with E-state index in [0.717, 1.165) is 17.5 Å². The standard InChI is InChI=1S/C16H24ClN/c1-12(2)18-11-16(13-5-3-4-6-13)14-7-9-15(17)10-8-14/h7-10,12-13,16,18H,3-6,11H2,1-2H3. The number of nitrogens with one attached hydrogen (secondary N) is 1. The minimum atomic E-state index is 0.557. The number of benzene rings is 1. The third kappa shape index (κ3) is 3.73. The molecule has 0 saturated heterocycles. The normalized spacial score (nSPS) is 18.4. The van der Waals surface area contributed by atoms with Crippen LogP contribution >= 0.6 is 11.6 Å². The summed E-state index contributed by atoms with van der Waals surface area (Å²) in [5.41, 5.74) is 1.44.